The Morgan fingerprint density at radius 2 is 1.30 bits per heavy atom. The number of rotatable bonds is 12. The average Bonchev–Trinajstić information content (AvgIpc) is 3.73. The van der Waals surface area contributed by atoms with Crippen molar-refractivity contribution in [3.63, 3.8) is 0 Å². The van der Waals surface area contributed by atoms with Gasteiger partial charge in [0, 0.05) is 0 Å². The SMILES string of the molecule is CCCCCCCCCCCCc1cc2cc3sc4c5cc6[se]c(-c7ccccc7)cc6cc5sc4c3cc2[te]1. The molecule has 0 aliphatic rings. The summed E-state index contributed by atoms with van der Waals surface area (Å²) in [5.41, 5.74) is 1.38. The van der Waals surface area contributed by atoms with E-state index in [9.17, 15) is 0 Å². The summed E-state index contributed by atoms with van der Waals surface area (Å²) in [7, 11) is 0. The Hall–Kier alpha value is -1.37. The van der Waals surface area contributed by atoms with Crippen LogP contribution >= 0.6 is 22.7 Å². The van der Waals surface area contributed by atoms with Gasteiger partial charge in [0.1, 0.15) is 0 Å². The van der Waals surface area contributed by atoms with Crippen molar-refractivity contribution in [2.45, 2.75) is 77.6 Å². The van der Waals surface area contributed by atoms with Crippen LogP contribution in [0.25, 0.3) is 58.0 Å². The fraction of sp³-hybridized carbons (Fsp3) is 0.333. The van der Waals surface area contributed by atoms with Crippen LogP contribution in [0.2, 0.25) is 0 Å². The van der Waals surface area contributed by atoms with Gasteiger partial charge in [-0.25, -0.2) is 0 Å². The first kappa shape index (κ1) is 27.5. The molecule has 4 heterocycles. The third-order valence-corrected chi connectivity index (χ3v) is 16.5. The van der Waals surface area contributed by atoms with E-state index in [1.165, 1.54) is 121 Å². The van der Waals surface area contributed by atoms with Crippen LogP contribution in [-0.4, -0.2) is 34.9 Å². The summed E-state index contributed by atoms with van der Waals surface area (Å²) in [5, 5.41) is 5.98. The fourth-order valence-corrected chi connectivity index (χ4v) is 14.2. The van der Waals surface area contributed by atoms with Gasteiger partial charge in [-0.3, -0.25) is 0 Å². The van der Waals surface area contributed by atoms with Gasteiger partial charge in [0.15, 0.2) is 0 Å². The van der Waals surface area contributed by atoms with E-state index in [2.05, 4.69) is 73.7 Å². The van der Waals surface area contributed by atoms with Gasteiger partial charge in [-0.1, -0.05) is 6.92 Å². The van der Waals surface area contributed by atoms with Crippen molar-refractivity contribution in [1.82, 2.24) is 0 Å². The Labute approximate surface area is 261 Å². The molecule has 204 valence electrons. The van der Waals surface area contributed by atoms with Gasteiger partial charge < -0.3 is 0 Å². The summed E-state index contributed by atoms with van der Waals surface area (Å²) in [6, 6.07) is 26.1. The Morgan fingerprint density at radius 3 is 2.02 bits per heavy atom. The molecule has 0 fully saturated rings. The Balaban J connectivity index is 1.07. The molecule has 4 aromatic heterocycles. The monoisotopic (exact) mass is 742 g/mol. The quantitative estimate of drug-likeness (QED) is 0.0865. The van der Waals surface area contributed by atoms with E-state index < -0.39 is 0 Å². The molecule has 7 rings (SSSR count). The van der Waals surface area contributed by atoms with Gasteiger partial charge in [-0.15, -0.1) is 0 Å². The number of hydrogen-bond donors (Lipinski definition) is 0. The zero-order valence-electron chi connectivity index (χ0n) is 23.3. The predicted molar refractivity (Wildman–Crippen MR) is 185 cm³/mol. The van der Waals surface area contributed by atoms with Crippen LogP contribution in [0.15, 0.2) is 66.7 Å². The van der Waals surface area contributed by atoms with Crippen LogP contribution in [0.5, 0.6) is 0 Å². The second-order valence-corrected chi connectivity index (χ2v) is 19.0. The van der Waals surface area contributed by atoms with Gasteiger partial charge in [-0.05, 0) is 0 Å². The molecule has 40 heavy (non-hydrogen) atoms. The second-order valence-electron chi connectivity index (χ2n) is 11.3. The van der Waals surface area contributed by atoms with E-state index >= 15 is 0 Å². The van der Waals surface area contributed by atoms with Crippen LogP contribution in [0.4, 0.5) is 0 Å². The second kappa shape index (κ2) is 12.5. The number of benzene rings is 3. The predicted octanol–water partition coefficient (Wildman–Crippen LogP) is 11.8. The van der Waals surface area contributed by atoms with Crippen LogP contribution in [0.1, 0.15) is 74.7 Å². The minimum atomic E-state index is -0.194. The van der Waals surface area contributed by atoms with Gasteiger partial charge in [0.25, 0.3) is 0 Å². The third-order valence-electron chi connectivity index (χ3n) is 8.24. The summed E-state index contributed by atoms with van der Waals surface area (Å²) in [4.78, 5) is 0. The summed E-state index contributed by atoms with van der Waals surface area (Å²) in [5.74, 6) is 0. The normalized spacial score (nSPS) is 12.2. The maximum absolute atomic E-state index is 2.59. The average molecular weight is 739 g/mol. The van der Waals surface area contributed by atoms with Crippen molar-refractivity contribution in [3.8, 4) is 10.0 Å². The van der Waals surface area contributed by atoms with Crippen molar-refractivity contribution in [2.75, 3.05) is 0 Å². The van der Waals surface area contributed by atoms with Gasteiger partial charge in [0.2, 0.25) is 0 Å². The van der Waals surface area contributed by atoms with E-state index in [4.69, 9.17) is 0 Å². The number of unbranched alkanes of at least 4 members (excludes halogenated alkanes) is 9. The molecule has 0 saturated carbocycles. The number of hydrogen-bond acceptors (Lipinski definition) is 2. The molecule has 0 nitrogen and oxygen atoms in total. The van der Waals surface area contributed by atoms with Gasteiger partial charge in [0.05, 0.1) is 0 Å². The first-order valence-corrected chi connectivity index (χ1v) is 20.7. The fourth-order valence-electron chi connectivity index (χ4n) is 6.03. The molecule has 0 radical (unpaired) electrons. The topological polar surface area (TPSA) is 0 Å². The van der Waals surface area contributed by atoms with Crippen molar-refractivity contribution >= 4 is 106 Å². The van der Waals surface area contributed by atoms with Crippen molar-refractivity contribution in [2.24, 2.45) is 0 Å². The van der Waals surface area contributed by atoms with Gasteiger partial charge >= 0.3 is 257 Å². The molecule has 3 aromatic carbocycles. The molecule has 0 spiro atoms. The summed E-state index contributed by atoms with van der Waals surface area (Å²) >= 11 is 4.24. The molecular formula is C36H36S2SeTe. The third kappa shape index (κ3) is 5.66. The molecule has 0 atom stereocenters. The standard InChI is InChI=1S/C36H36S2SeTe/c1-2-3-4-5-6-7-8-9-10-14-17-27-18-26-20-31-29(23-34(26)40-27)36-35(38-31)28-22-33-25(19-30(28)37-36)21-32(39-33)24-15-12-11-13-16-24/h11-13,15-16,18-23H,2-10,14,17H2,1H3. The molecule has 0 bridgehead atoms. The molecule has 0 aliphatic heterocycles. The zero-order chi connectivity index (χ0) is 26.9. The Bertz CT molecular complexity index is 1900. The molecule has 0 saturated heterocycles. The first-order chi connectivity index (χ1) is 19.8. The molecule has 7 aromatic rings. The molecule has 0 aliphatic carbocycles. The molecule has 0 amide bonds. The van der Waals surface area contributed by atoms with Crippen LogP contribution in [0.3, 0.4) is 0 Å². The molecule has 4 heteroatoms. The van der Waals surface area contributed by atoms with Gasteiger partial charge in [-0.2, -0.15) is 0 Å². The first-order valence-electron chi connectivity index (χ1n) is 15.1. The minimum absolute atomic E-state index is 0.194. The summed E-state index contributed by atoms with van der Waals surface area (Å²) in [6.45, 7) is 2.30. The number of aryl methyl sites for hydroxylation is 1. The van der Waals surface area contributed by atoms with E-state index in [0.717, 1.165) is 0 Å². The van der Waals surface area contributed by atoms with Crippen molar-refractivity contribution in [3.05, 3.63) is 70.3 Å². The molecular weight excluding hydrogens is 703 g/mol. The van der Waals surface area contributed by atoms with Crippen LogP contribution < -0.4 is 0 Å². The molecule has 0 unspecified atom stereocenters. The van der Waals surface area contributed by atoms with Crippen molar-refractivity contribution in [1.29, 1.82) is 0 Å². The molecule has 0 N–H and O–H groups in total. The van der Waals surface area contributed by atoms with Crippen molar-refractivity contribution < 1.29 is 0 Å². The summed E-state index contributed by atoms with van der Waals surface area (Å²) < 4.78 is 12.5. The van der Waals surface area contributed by atoms with E-state index in [1.807, 2.05) is 22.7 Å². The Morgan fingerprint density at radius 1 is 0.650 bits per heavy atom. The van der Waals surface area contributed by atoms with E-state index in [0.29, 0.717) is 14.5 Å². The number of thiophene rings is 2. The number of fused-ring (bicyclic) bond motifs is 7. The van der Waals surface area contributed by atoms with E-state index in [-0.39, 0.29) is 20.4 Å². The van der Waals surface area contributed by atoms with Crippen LogP contribution in [-0.2, 0) is 6.42 Å². The van der Waals surface area contributed by atoms with E-state index in [1.54, 1.807) is 11.2 Å². The van der Waals surface area contributed by atoms with Crippen LogP contribution in [0, 0.1) is 0 Å². The Kier molecular flexibility index (Phi) is 8.56. The summed E-state index contributed by atoms with van der Waals surface area (Å²) in [6.07, 6.45) is 15.6. The zero-order valence-corrected chi connectivity index (χ0v) is 28.9. The maximum atomic E-state index is 2.59.